The number of ether oxygens (including phenoxy) is 1. The molecular weight excluding hydrogens is 346 g/mol. The van der Waals surface area contributed by atoms with Crippen molar-refractivity contribution >= 4 is 17.9 Å². The molecule has 2 fully saturated rings. The van der Waals surface area contributed by atoms with E-state index in [1.165, 1.54) is 12.8 Å². The van der Waals surface area contributed by atoms with Gasteiger partial charge in [-0.3, -0.25) is 4.79 Å². The fourth-order valence-electron chi connectivity index (χ4n) is 3.56. The van der Waals surface area contributed by atoms with Crippen LogP contribution in [0.1, 0.15) is 55.8 Å². The average Bonchev–Trinajstić information content (AvgIpc) is 2.98. The zero-order valence-corrected chi connectivity index (χ0v) is 16.0. The number of rotatable bonds is 4. The lowest BCUT2D eigenvalue weighted by Crippen LogP contribution is -2.46. The summed E-state index contributed by atoms with van der Waals surface area (Å²) in [5.41, 5.74) is 0.474. The number of likely N-dealkylation sites (tertiary alicyclic amines) is 1. The smallest absolute Gasteiger partial charge is 0.409 e. The molecule has 1 N–H and O–H groups in total. The third-order valence-electron chi connectivity index (χ3n) is 5.15. The van der Waals surface area contributed by atoms with Crippen LogP contribution in [0, 0.1) is 0 Å². The van der Waals surface area contributed by atoms with Gasteiger partial charge in [0.05, 0.1) is 12.2 Å². The first kappa shape index (κ1) is 19.4. The van der Waals surface area contributed by atoms with Crippen LogP contribution in [0.25, 0.3) is 0 Å². The highest BCUT2D eigenvalue weighted by Crippen LogP contribution is 2.16. The van der Waals surface area contributed by atoms with Crippen LogP contribution < -0.4 is 10.2 Å². The quantitative estimate of drug-likeness (QED) is 0.868. The molecule has 1 aromatic rings. The largest absolute Gasteiger partial charge is 0.450 e. The van der Waals surface area contributed by atoms with Crippen molar-refractivity contribution in [2.75, 3.05) is 37.7 Å². The maximum atomic E-state index is 12.5. The SMILES string of the molecule is CCOC(=O)N1CCC(NC(=O)c2cnc(N3CCCCCC3)nc2)CC1. The lowest BCUT2D eigenvalue weighted by atomic mass is 10.1. The number of carbonyl (C=O) groups is 2. The van der Waals surface area contributed by atoms with Crippen LogP contribution in [0.4, 0.5) is 10.7 Å². The van der Waals surface area contributed by atoms with Gasteiger partial charge in [-0.1, -0.05) is 12.8 Å². The van der Waals surface area contributed by atoms with Gasteiger partial charge in [-0.25, -0.2) is 14.8 Å². The van der Waals surface area contributed by atoms with Crippen molar-refractivity contribution in [3.63, 3.8) is 0 Å². The van der Waals surface area contributed by atoms with Gasteiger partial charge in [0.1, 0.15) is 0 Å². The molecule has 0 unspecified atom stereocenters. The number of hydrogen-bond donors (Lipinski definition) is 1. The van der Waals surface area contributed by atoms with Crippen LogP contribution >= 0.6 is 0 Å². The van der Waals surface area contributed by atoms with E-state index in [0.717, 1.165) is 38.8 Å². The van der Waals surface area contributed by atoms with Crippen molar-refractivity contribution in [1.82, 2.24) is 20.2 Å². The van der Waals surface area contributed by atoms with Crippen LogP contribution in [0.15, 0.2) is 12.4 Å². The molecule has 8 nitrogen and oxygen atoms in total. The van der Waals surface area contributed by atoms with Crippen LogP contribution in [0.3, 0.4) is 0 Å². The van der Waals surface area contributed by atoms with E-state index in [1.807, 2.05) is 0 Å². The van der Waals surface area contributed by atoms with E-state index in [-0.39, 0.29) is 18.0 Å². The van der Waals surface area contributed by atoms with Gasteiger partial charge in [0, 0.05) is 44.6 Å². The Balaban J connectivity index is 1.49. The van der Waals surface area contributed by atoms with Crippen molar-refractivity contribution in [2.45, 2.75) is 51.5 Å². The van der Waals surface area contributed by atoms with Crippen molar-refractivity contribution in [2.24, 2.45) is 0 Å². The summed E-state index contributed by atoms with van der Waals surface area (Å²) < 4.78 is 5.02. The molecule has 0 bridgehead atoms. The second kappa shape index (κ2) is 9.53. The van der Waals surface area contributed by atoms with Crippen LogP contribution in [-0.4, -0.2) is 65.7 Å². The molecule has 0 aromatic carbocycles. The monoisotopic (exact) mass is 375 g/mol. The lowest BCUT2D eigenvalue weighted by molar-refractivity contribution is 0.0859. The molecule has 148 valence electrons. The summed E-state index contributed by atoms with van der Waals surface area (Å²) in [5.74, 6) is 0.545. The molecule has 2 aliphatic rings. The first-order valence-corrected chi connectivity index (χ1v) is 9.97. The van der Waals surface area contributed by atoms with Gasteiger partial charge in [-0.15, -0.1) is 0 Å². The fraction of sp³-hybridized carbons (Fsp3) is 0.684. The van der Waals surface area contributed by atoms with E-state index < -0.39 is 0 Å². The van der Waals surface area contributed by atoms with Gasteiger partial charge in [-0.2, -0.15) is 0 Å². The van der Waals surface area contributed by atoms with Gasteiger partial charge in [0.15, 0.2) is 0 Å². The minimum Gasteiger partial charge on any atom is -0.450 e. The standard InChI is InChI=1S/C19H29N5O3/c1-2-27-19(26)24-11-7-16(8-12-24)22-17(25)15-13-20-18(21-14-15)23-9-5-3-4-6-10-23/h13-14,16H,2-12H2,1H3,(H,22,25). The third-order valence-corrected chi connectivity index (χ3v) is 5.15. The van der Waals surface area contributed by atoms with Gasteiger partial charge in [-0.05, 0) is 32.6 Å². The molecule has 3 heterocycles. The highest BCUT2D eigenvalue weighted by atomic mass is 16.6. The summed E-state index contributed by atoms with van der Waals surface area (Å²) in [4.78, 5) is 36.9. The molecule has 3 rings (SSSR count). The predicted molar refractivity (Wildman–Crippen MR) is 102 cm³/mol. The van der Waals surface area contributed by atoms with Crippen LogP contribution in [0.2, 0.25) is 0 Å². The Morgan fingerprint density at radius 3 is 2.30 bits per heavy atom. The highest BCUT2D eigenvalue weighted by molar-refractivity contribution is 5.93. The Bertz CT molecular complexity index is 621. The van der Waals surface area contributed by atoms with Crippen molar-refractivity contribution in [1.29, 1.82) is 0 Å². The number of hydrogen-bond acceptors (Lipinski definition) is 6. The minimum absolute atomic E-state index is 0.0495. The average molecular weight is 375 g/mol. The topological polar surface area (TPSA) is 87.7 Å². The Kier molecular flexibility index (Phi) is 6.84. The molecule has 2 saturated heterocycles. The number of piperidine rings is 1. The van der Waals surface area contributed by atoms with E-state index in [4.69, 9.17) is 4.74 Å². The number of nitrogens with one attached hydrogen (secondary N) is 1. The summed E-state index contributed by atoms with van der Waals surface area (Å²) in [6.07, 6.45) is 9.21. The van der Waals surface area contributed by atoms with E-state index in [9.17, 15) is 9.59 Å². The first-order valence-electron chi connectivity index (χ1n) is 9.97. The van der Waals surface area contributed by atoms with E-state index in [0.29, 0.717) is 31.2 Å². The Morgan fingerprint density at radius 2 is 1.70 bits per heavy atom. The maximum absolute atomic E-state index is 12.5. The fourth-order valence-corrected chi connectivity index (χ4v) is 3.56. The second-order valence-corrected chi connectivity index (χ2v) is 7.11. The zero-order chi connectivity index (χ0) is 19.1. The van der Waals surface area contributed by atoms with Crippen molar-refractivity contribution < 1.29 is 14.3 Å². The summed E-state index contributed by atoms with van der Waals surface area (Å²) in [7, 11) is 0. The van der Waals surface area contributed by atoms with Gasteiger partial charge in [0.25, 0.3) is 5.91 Å². The highest BCUT2D eigenvalue weighted by Gasteiger charge is 2.25. The number of anilines is 1. The van der Waals surface area contributed by atoms with Gasteiger partial charge >= 0.3 is 6.09 Å². The normalized spacial score (nSPS) is 18.7. The molecule has 0 radical (unpaired) electrons. The number of amides is 2. The van der Waals surface area contributed by atoms with Crippen LogP contribution in [0.5, 0.6) is 0 Å². The van der Waals surface area contributed by atoms with Crippen LogP contribution in [-0.2, 0) is 4.74 Å². The van der Waals surface area contributed by atoms with E-state index in [2.05, 4.69) is 20.2 Å². The molecule has 0 saturated carbocycles. The zero-order valence-electron chi connectivity index (χ0n) is 16.0. The molecule has 0 aliphatic carbocycles. The minimum atomic E-state index is -0.278. The molecule has 2 amide bonds. The van der Waals surface area contributed by atoms with Crippen molar-refractivity contribution in [3.8, 4) is 0 Å². The molecule has 0 spiro atoms. The molecule has 27 heavy (non-hydrogen) atoms. The summed E-state index contributed by atoms with van der Waals surface area (Å²) in [5, 5.41) is 3.02. The molecular formula is C19H29N5O3. The van der Waals surface area contributed by atoms with Gasteiger partial charge in [0.2, 0.25) is 5.95 Å². The molecule has 2 aliphatic heterocycles. The Morgan fingerprint density at radius 1 is 1.07 bits per heavy atom. The summed E-state index contributed by atoms with van der Waals surface area (Å²) in [6, 6.07) is 0.0495. The number of nitrogens with zero attached hydrogens (tertiary/aromatic N) is 4. The van der Waals surface area contributed by atoms with Crippen molar-refractivity contribution in [3.05, 3.63) is 18.0 Å². The van der Waals surface area contributed by atoms with Gasteiger partial charge < -0.3 is 19.9 Å². The maximum Gasteiger partial charge on any atom is 0.409 e. The van der Waals surface area contributed by atoms with E-state index >= 15 is 0 Å². The lowest BCUT2D eigenvalue weighted by Gasteiger charge is -2.31. The number of aromatic nitrogens is 2. The molecule has 8 heteroatoms. The summed E-state index contributed by atoms with van der Waals surface area (Å²) in [6.45, 7) is 5.31. The first-order chi connectivity index (χ1) is 13.2. The second-order valence-electron chi connectivity index (χ2n) is 7.11. The predicted octanol–water partition coefficient (Wildman–Crippen LogP) is 2.21. The Hall–Kier alpha value is -2.38. The number of carbonyl (C=O) groups excluding carboxylic acids is 2. The Labute approximate surface area is 160 Å². The third kappa shape index (κ3) is 5.30. The molecule has 1 aromatic heterocycles. The molecule has 0 atom stereocenters. The summed E-state index contributed by atoms with van der Waals surface area (Å²) >= 11 is 0. The van der Waals surface area contributed by atoms with E-state index in [1.54, 1.807) is 24.2 Å².